The maximum absolute atomic E-state index is 13.6. The Morgan fingerprint density at radius 2 is 2.15 bits per heavy atom. The minimum Gasteiger partial charge on any atom is -0.373 e. The summed E-state index contributed by atoms with van der Waals surface area (Å²) in [6, 6.07) is 6.40. The van der Waals surface area contributed by atoms with Crippen molar-refractivity contribution >= 4 is 0 Å². The van der Waals surface area contributed by atoms with E-state index in [1.54, 1.807) is 6.07 Å². The van der Waals surface area contributed by atoms with Crippen LogP contribution in [-0.4, -0.2) is 19.3 Å². The minimum atomic E-state index is -0.501. The van der Waals surface area contributed by atoms with Crippen molar-refractivity contribution in [2.45, 2.75) is 44.8 Å². The zero-order chi connectivity index (χ0) is 14.4. The van der Waals surface area contributed by atoms with Crippen molar-refractivity contribution in [1.29, 1.82) is 5.26 Å². The summed E-state index contributed by atoms with van der Waals surface area (Å²) in [5, 5.41) is 8.71. The first-order chi connectivity index (χ1) is 9.74. The Morgan fingerprint density at radius 1 is 1.30 bits per heavy atom. The molecule has 0 N–H and O–H groups in total. The van der Waals surface area contributed by atoms with Crippen molar-refractivity contribution in [3.05, 3.63) is 35.1 Å². The van der Waals surface area contributed by atoms with Crippen LogP contribution in [0.25, 0.3) is 0 Å². The van der Waals surface area contributed by atoms with Gasteiger partial charge in [-0.1, -0.05) is 32.3 Å². The van der Waals surface area contributed by atoms with Gasteiger partial charge in [0, 0.05) is 0 Å². The Hall–Kier alpha value is -1.44. The van der Waals surface area contributed by atoms with Crippen LogP contribution >= 0.6 is 0 Å². The van der Waals surface area contributed by atoms with Crippen molar-refractivity contribution < 1.29 is 13.9 Å². The molecule has 0 bridgehead atoms. The van der Waals surface area contributed by atoms with Gasteiger partial charge in [-0.05, 0) is 24.1 Å². The predicted molar refractivity (Wildman–Crippen MR) is 73.7 cm³/mol. The summed E-state index contributed by atoms with van der Waals surface area (Å²) in [5.41, 5.74) is 0.788. The Bertz CT molecular complexity index is 476. The summed E-state index contributed by atoms with van der Waals surface area (Å²) in [6.07, 6.45) is 4.49. The molecule has 2 rings (SSSR count). The van der Waals surface area contributed by atoms with E-state index in [9.17, 15) is 4.39 Å². The van der Waals surface area contributed by atoms with Crippen molar-refractivity contribution in [3.63, 3.8) is 0 Å². The third kappa shape index (κ3) is 3.78. The highest BCUT2D eigenvalue weighted by Crippen LogP contribution is 2.26. The standard InChI is InChI=1S/C16H20FNO2/c1-2-3-4-5-14-10-20-16(11-19-14)12-6-7-13(9-18)15(17)8-12/h6-8,14,16H,2-5,10-11H2,1H3. The Kier molecular flexibility index (Phi) is 5.51. The number of hydrogen-bond donors (Lipinski definition) is 0. The second-order valence-electron chi connectivity index (χ2n) is 5.12. The molecule has 1 fully saturated rings. The van der Waals surface area contributed by atoms with E-state index in [0.29, 0.717) is 13.2 Å². The summed E-state index contributed by atoms with van der Waals surface area (Å²) in [6.45, 7) is 3.17. The SMILES string of the molecule is CCCCCC1COC(c2ccc(C#N)c(F)c2)CO1. The number of unbranched alkanes of at least 4 members (excludes halogenated alkanes) is 2. The lowest BCUT2D eigenvalue weighted by Crippen LogP contribution is -2.31. The van der Waals surface area contributed by atoms with Crippen LogP contribution in [-0.2, 0) is 9.47 Å². The highest BCUT2D eigenvalue weighted by atomic mass is 19.1. The number of nitriles is 1. The number of hydrogen-bond acceptors (Lipinski definition) is 3. The molecule has 0 radical (unpaired) electrons. The summed E-state index contributed by atoms with van der Waals surface area (Å²) in [4.78, 5) is 0. The summed E-state index contributed by atoms with van der Waals surface area (Å²) >= 11 is 0. The molecule has 0 amide bonds. The molecule has 2 atom stereocenters. The van der Waals surface area contributed by atoms with Gasteiger partial charge in [0.05, 0.1) is 24.9 Å². The molecule has 2 unspecified atom stereocenters. The molecular weight excluding hydrogens is 257 g/mol. The largest absolute Gasteiger partial charge is 0.373 e. The second-order valence-corrected chi connectivity index (χ2v) is 5.12. The van der Waals surface area contributed by atoms with E-state index in [2.05, 4.69) is 6.92 Å². The van der Waals surface area contributed by atoms with Gasteiger partial charge in [0.1, 0.15) is 18.0 Å². The molecule has 3 nitrogen and oxygen atoms in total. The van der Waals surface area contributed by atoms with E-state index >= 15 is 0 Å². The third-order valence-electron chi connectivity index (χ3n) is 3.58. The molecule has 20 heavy (non-hydrogen) atoms. The van der Waals surface area contributed by atoms with Crippen LogP contribution in [0, 0.1) is 17.1 Å². The second kappa shape index (κ2) is 7.37. The van der Waals surface area contributed by atoms with Gasteiger partial charge < -0.3 is 9.47 Å². The molecule has 0 aromatic heterocycles. The molecule has 0 saturated carbocycles. The maximum Gasteiger partial charge on any atom is 0.141 e. The zero-order valence-corrected chi connectivity index (χ0v) is 11.8. The van der Waals surface area contributed by atoms with Crippen LogP contribution in [0.2, 0.25) is 0 Å². The smallest absolute Gasteiger partial charge is 0.141 e. The van der Waals surface area contributed by atoms with Gasteiger partial charge in [0.15, 0.2) is 0 Å². The van der Waals surface area contributed by atoms with Crippen LogP contribution in [0.5, 0.6) is 0 Å². The number of benzene rings is 1. The maximum atomic E-state index is 13.6. The zero-order valence-electron chi connectivity index (χ0n) is 11.8. The molecule has 1 aliphatic heterocycles. The molecule has 1 saturated heterocycles. The first kappa shape index (κ1) is 15.0. The average molecular weight is 277 g/mol. The molecule has 1 aliphatic rings. The van der Waals surface area contributed by atoms with Gasteiger partial charge in [-0.2, -0.15) is 5.26 Å². The molecule has 1 heterocycles. The minimum absolute atomic E-state index is 0.0583. The lowest BCUT2D eigenvalue weighted by Gasteiger charge is -2.30. The van der Waals surface area contributed by atoms with Crippen LogP contribution in [0.3, 0.4) is 0 Å². The fraction of sp³-hybridized carbons (Fsp3) is 0.562. The normalized spacial score (nSPS) is 22.4. The lowest BCUT2D eigenvalue weighted by molar-refractivity contribution is -0.137. The van der Waals surface area contributed by atoms with Gasteiger partial charge in [-0.25, -0.2) is 4.39 Å². The highest BCUT2D eigenvalue weighted by molar-refractivity contribution is 5.34. The Balaban J connectivity index is 1.87. The number of halogens is 1. The van der Waals surface area contributed by atoms with E-state index in [-0.39, 0.29) is 17.8 Å². The summed E-state index contributed by atoms with van der Waals surface area (Å²) in [7, 11) is 0. The number of rotatable bonds is 5. The molecule has 4 heteroatoms. The van der Waals surface area contributed by atoms with E-state index in [1.165, 1.54) is 25.0 Å². The number of ether oxygens (including phenoxy) is 2. The van der Waals surface area contributed by atoms with Crippen molar-refractivity contribution in [1.82, 2.24) is 0 Å². The summed E-state index contributed by atoms with van der Waals surface area (Å²) in [5.74, 6) is -0.501. The molecule has 0 spiro atoms. The monoisotopic (exact) mass is 277 g/mol. The van der Waals surface area contributed by atoms with Crippen LogP contribution < -0.4 is 0 Å². The molecule has 1 aromatic carbocycles. The van der Waals surface area contributed by atoms with Gasteiger partial charge in [-0.3, -0.25) is 0 Å². The van der Waals surface area contributed by atoms with E-state index in [1.807, 2.05) is 6.07 Å². The average Bonchev–Trinajstić information content (AvgIpc) is 2.48. The topological polar surface area (TPSA) is 42.2 Å². The predicted octanol–water partition coefficient (Wildman–Crippen LogP) is 3.73. The lowest BCUT2D eigenvalue weighted by atomic mass is 10.1. The molecule has 0 aliphatic carbocycles. The van der Waals surface area contributed by atoms with Crippen molar-refractivity contribution in [3.8, 4) is 6.07 Å². The molecule has 1 aromatic rings. The van der Waals surface area contributed by atoms with Crippen LogP contribution in [0.4, 0.5) is 4.39 Å². The fourth-order valence-corrected chi connectivity index (χ4v) is 2.35. The molecular formula is C16H20FNO2. The van der Waals surface area contributed by atoms with E-state index in [4.69, 9.17) is 14.7 Å². The third-order valence-corrected chi connectivity index (χ3v) is 3.58. The Morgan fingerprint density at radius 3 is 2.75 bits per heavy atom. The highest BCUT2D eigenvalue weighted by Gasteiger charge is 2.23. The van der Waals surface area contributed by atoms with Crippen LogP contribution in [0.15, 0.2) is 18.2 Å². The first-order valence-electron chi connectivity index (χ1n) is 7.17. The van der Waals surface area contributed by atoms with Crippen molar-refractivity contribution in [2.24, 2.45) is 0 Å². The quantitative estimate of drug-likeness (QED) is 0.770. The van der Waals surface area contributed by atoms with Crippen LogP contribution in [0.1, 0.15) is 49.8 Å². The van der Waals surface area contributed by atoms with Gasteiger partial charge in [0.2, 0.25) is 0 Å². The molecule has 108 valence electrons. The number of nitrogens with zero attached hydrogens (tertiary/aromatic N) is 1. The van der Waals surface area contributed by atoms with Crippen molar-refractivity contribution in [2.75, 3.05) is 13.2 Å². The van der Waals surface area contributed by atoms with Gasteiger partial charge in [0.25, 0.3) is 0 Å². The summed E-state index contributed by atoms with van der Waals surface area (Å²) < 4.78 is 25.1. The fourth-order valence-electron chi connectivity index (χ4n) is 2.35. The Labute approximate surface area is 119 Å². The van der Waals surface area contributed by atoms with E-state index < -0.39 is 5.82 Å². The van der Waals surface area contributed by atoms with E-state index in [0.717, 1.165) is 18.4 Å². The first-order valence-corrected chi connectivity index (χ1v) is 7.17. The van der Waals surface area contributed by atoms with Gasteiger partial charge >= 0.3 is 0 Å². The van der Waals surface area contributed by atoms with Gasteiger partial charge in [-0.15, -0.1) is 0 Å².